The van der Waals surface area contributed by atoms with Crippen LogP contribution in [0, 0.1) is 20.8 Å². The molecule has 1 fully saturated rings. The van der Waals surface area contributed by atoms with Crippen LogP contribution < -0.4 is 5.32 Å². The lowest BCUT2D eigenvalue weighted by molar-refractivity contribution is -0.0293. The molecule has 2 rings (SSSR count). The first-order valence-corrected chi connectivity index (χ1v) is 6.02. The third-order valence-electron chi connectivity index (χ3n) is 3.22. The van der Waals surface area contributed by atoms with Crippen molar-refractivity contribution in [2.24, 2.45) is 0 Å². The van der Waals surface area contributed by atoms with Crippen LogP contribution in [0.5, 0.6) is 0 Å². The fraction of sp³-hybridized carbons (Fsp3) is 0.571. The molecule has 0 aliphatic carbocycles. The quantitative estimate of drug-likeness (QED) is 0.784. The van der Waals surface area contributed by atoms with E-state index in [4.69, 9.17) is 4.74 Å². The van der Waals surface area contributed by atoms with Crippen molar-refractivity contribution < 1.29 is 4.74 Å². The van der Waals surface area contributed by atoms with Gasteiger partial charge >= 0.3 is 0 Å². The van der Waals surface area contributed by atoms with Gasteiger partial charge in [0, 0.05) is 13.1 Å². The maximum absolute atomic E-state index is 6.01. The first kappa shape index (κ1) is 11.6. The summed E-state index contributed by atoms with van der Waals surface area (Å²) in [5, 5.41) is 3.43. The van der Waals surface area contributed by atoms with Crippen LogP contribution in [0.2, 0.25) is 0 Å². The molecular formula is C14H21NO. The molecule has 1 saturated heterocycles. The molecule has 0 spiro atoms. The van der Waals surface area contributed by atoms with E-state index < -0.39 is 0 Å². The molecule has 0 aromatic heterocycles. The summed E-state index contributed by atoms with van der Waals surface area (Å²) < 4.78 is 6.01. The van der Waals surface area contributed by atoms with Gasteiger partial charge in [0.05, 0.1) is 12.2 Å². The minimum Gasteiger partial charge on any atom is -0.368 e. The summed E-state index contributed by atoms with van der Waals surface area (Å²) in [4.78, 5) is 0. The summed E-state index contributed by atoms with van der Waals surface area (Å²) in [5.41, 5.74) is 5.39. The number of hydrogen-bond donors (Lipinski definition) is 1. The molecule has 1 aliphatic heterocycles. The van der Waals surface area contributed by atoms with E-state index in [1.807, 2.05) is 0 Å². The minimum atomic E-state index is 0.212. The van der Waals surface area contributed by atoms with Crippen LogP contribution in [0.3, 0.4) is 0 Å². The van der Waals surface area contributed by atoms with Crippen LogP contribution in [-0.2, 0) is 4.74 Å². The molecule has 1 aliphatic rings. The van der Waals surface area contributed by atoms with Crippen LogP contribution in [0.4, 0.5) is 0 Å². The molecule has 1 aromatic carbocycles. The third-order valence-corrected chi connectivity index (χ3v) is 3.22. The average Bonchev–Trinajstić information content (AvgIpc) is 2.15. The zero-order valence-corrected chi connectivity index (χ0v) is 10.6. The van der Waals surface area contributed by atoms with Crippen molar-refractivity contribution in [3.8, 4) is 0 Å². The van der Waals surface area contributed by atoms with E-state index in [0.29, 0.717) is 6.10 Å². The average molecular weight is 219 g/mol. The summed E-state index contributed by atoms with van der Waals surface area (Å²) in [7, 11) is 0. The Morgan fingerprint density at radius 3 is 2.31 bits per heavy atom. The number of ether oxygens (including phenoxy) is 1. The Hall–Kier alpha value is -0.860. The van der Waals surface area contributed by atoms with E-state index in [2.05, 4.69) is 45.1 Å². The molecule has 0 saturated carbocycles. The molecule has 0 bridgehead atoms. The summed E-state index contributed by atoms with van der Waals surface area (Å²) in [6.45, 7) is 10.5. The second-order valence-corrected chi connectivity index (χ2v) is 4.91. The van der Waals surface area contributed by atoms with Gasteiger partial charge in [-0.2, -0.15) is 0 Å². The van der Waals surface area contributed by atoms with E-state index in [-0.39, 0.29) is 6.10 Å². The van der Waals surface area contributed by atoms with Crippen LogP contribution in [0.25, 0.3) is 0 Å². The Labute approximate surface area is 98.0 Å². The molecular weight excluding hydrogens is 198 g/mol. The first-order chi connectivity index (χ1) is 7.58. The van der Waals surface area contributed by atoms with E-state index >= 15 is 0 Å². The maximum Gasteiger partial charge on any atom is 0.0958 e. The summed E-state index contributed by atoms with van der Waals surface area (Å²) in [5.74, 6) is 0. The van der Waals surface area contributed by atoms with E-state index in [0.717, 1.165) is 13.1 Å². The normalized spacial score (nSPS) is 25.8. The standard InChI is InChI=1S/C14H21NO/c1-9-5-10(2)14(11(3)6-9)13-8-15-7-12(4)16-13/h5-6,12-13,15H,7-8H2,1-4H3. The number of nitrogens with one attached hydrogen (secondary N) is 1. The highest BCUT2D eigenvalue weighted by Crippen LogP contribution is 2.28. The van der Waals surface area contributed by atoms with Gasteiger partial charge in [0.2, 0.25) is 0 Å². The van der Waals surface area contributed by atoms with Gasteiger partial charge < -0.3 is 10.1 Å². The van der Waals surface area contributed by atoms with Gasteiger partial charge in [-0.25, -0.2) is 0 Å². The smallest absolute Gasteiger partial charge is 0.0958 e. The molecule has 0 amide bonds. The summed E-state index contributed by atoms with van der Waals surface area (Å²) >= 11 is 0. The topological polar surface area (TPSA) is 21.3 Å². The van der Waals surface area contributed by atoms with E-state index in [9.17, 15) is 0 Å². The highest BCUT2D eigenvalue weighted by Gasteiger charge is 2.23. The van der Waals surface area contributed by atoms with Crippen molar-refractivity contribution in [2.45, 2.75) is 39.9 Å². The Bertz CT molecular complexity index is 363. The lowest BCUT2D eigenvalue weighted by atomic mass is 9.95. The Kier molecular flexibility index (Phi) is 3.31. The lowest BCUT2D eigenvalue weighted by Gasteiger charge is -2.31. The summed E-state index contributed by atoms with van der Waals surface area (Å²) in [6, 6.07) is 4.48. The zero-order chi connectivity index (χ0) is 11.7. The van der Waals surface area contributed by atoms with Gasteiger partial charge in [-0.1, -0.05) is 17.7 Å². The molecule has 1 aromatic rings. The highest BCUT2D eigenvalue weighted by atomic mass is 16.5. The van der Waals surface area contributed by atoms with Crippen LogP contribution in [0.15, 0.2) is 12.1 Å². The second-order valence-electron chi connectivity index (χ2n) is 4.91. The number of morpholine rings is 1. The fourth-order valence-corrected chi connectivity index (χ4v) is 2.66. The number of rotatable bonds is 1. The highest BCUT2D eigenvalue weighted by molar-refractivity contribution is 5.39. The molecule has 1 heterocycles. The lowest BCUT2D eigenvalue weighted by Crippen LogP contribution is -2.39. The third kappa shape index (κ3) is 2.28. The van der Waals surface area contributed by atoms with Crippen molar-refractivity contribution in [2.75, 3.05) is 13.1 Å². The molecule has 2 nitrogen and oxygen atoms in total. The van der Waals surface area contributed by atoms with Gasteiger partial charge in [0.15, 0.2) is 0 Å². The van der Waals surface area contributed by atoms with Crippen LogP contribution >= 0.6 is 0 Å². The van der Waals surface area contributed by atoms with Crippen molar-refractivity contribution in [1.29, 1.82) is 0 Å². The number of aryl methyl sites for hydroxylation is 3. The molecule has 2 heteroatoms. The largest absolute Gasteiger partial charge is 0.368 e. The Morgan fingerprint density at radius 2 is 1.75 bits per heavy atom. The first-order valence-electron chi connectivity index (χ1n) is 6.02. The van der Waals surface area contributed by atoms with Gasteiger partial charge in [-0.15, -0.1) is 0 Å². The van der Waals surface area contributed by atoms with Crippen LogP contribution in [0.1, 0.15) is 35.3 Å². The van der Waals surface area contributed by atoms with Gasteiger partial charge in [-0.05, 0) is 44.4 Å². The van der Waals surface area contributed by atoms with Crippen molar-refractivity contribution >= 4 is 0 Å². The van der Waals surface area contributed by atoms with Crippen molar-refractivity contribution in [3.63, 3.8) is 0 Å². The molecule has 2 atom stereocenters. The monoisotopic (exact) mass is 219 g/mol. The van der Waals surface area contributed by atoms with Gasteiger partial charge in [-0.3, -0.25) is 0 Å². The zero-order valence-electron chi connectivity index (χ0n) is 10.6. The van der Waals surface area contributed by atoms with Gasteiger partial charge in [0.25, 0.3) is 0 Å². The minimum absolute atomic E-state index is 0.212. The van der Waals surface area contributed by atoms with Crippen molar-refractivity contribution in [3.05, 3.63) is 34.4 Å². The molecule has 0 radical (unpaired) electrons. The van der Waals surface area contributed by atoms with E-state index in [1.54, 1.807) is 0 Å². The fourth-order valence-electron chi connectivity index (χ4n) is 2.66. The van der Waals surface area contributed by atoms with Gasteiger partial charge in [0.1, 0.15) is 0 Å². The number of hydrogen-bond acceptors (Lipinski definition) is 2. The van der Waals surface area contributed by atoms with Crippen molar-refractivity contribution in [1.82, 2.24) is 5.32 Å². The molecule has 16 heavy (non-hydrogen) atoms. The second kappa shape index (κ2) is 4.56. The Morgan fingerprint density at radius 1 is 1.12 bits per heavy atom. The predicted octanol–water partition coefficient (Wildman–Crippen LogP) is 2.66. The molecule has 1 N–H and O–H groups in total. The number of benzene rings is 1. The molecule has 88 valence electrons. The predicted molar refractivity (Wildman–Crippen MR) is 66.8 cm³/mol. The maximum atomic E-state index is 6.01. The Balaban J connectivity index is 2.32. The van der Waals surface area contributed by atoms with E-state index in [1.165, 1.54) is 22.3 Å². The SMILES string of the molecule is Cc1cc(C)c(C2CNCC(C)O2)c(C)c1. The van der Waals surface area contributed by atoms with Crippen LogP contribution in [-0.4, -0.2) is 19.2 Å². The summed E-state index contributed by atoms with van der Waals surface area (Å²) in [6.07, 6.45) is 0.517. The molecule has 2 unspecified atom stereocenters.